The first-order valence-corrected chi connectivity index (χ1v) is 7.89. The lowest BCUT2D eigenvalue weighted by molar-refractivity contribution is 0.210. The summed E-state index contributed by atoms with van der Waals surface area (Å²) in [6.45, 7) is 5.56. The predicted octanol–water partition coefficient (Wildman–Crippen LogP) is 2.17. The van der Waals surface area contributed by atoms with E-state index in [0.29, 0.717) is 6.04 Å². The first-order valence-electron chi connectivity index (χ1n) is 6.16. The molecule has 0 aromatic carbocycles. The van der Waals surface area contributed by atoms with E-state index < -0.39 is 10.8 Å². The molecule has 0 spiro atoms. The molecule has 0 saturated heterocycles. The summed E-state index contributed by atoms with van der Waals surface area (Å²) < 4.78 is 11.0. The molecule has 1 aliphatic carbocycles. The molecule has 1 rings (SSSR count). The average molecular weight is 231 g/mol. The summed E-state index contributed by atoms with van der Waals surface area (Å²) in [7, 11) is -0.653. The molecular formula is C12H25NOS. The molecule has 3 heteroatoms. The Hall–Kier alpha value is 0.110. The summed E-state index contributed by atoms with van der Waals surface area (Å²) in [5.74, 6) is 2.52. The van der Waals surface area contributed by atoms with Crippen LogP contribution in [0.5, 0.6) is 0 Å². The fraction of sp³-hybridized carbons (Fsp3) is 1.00. The number of hydrogen-bond donors (Lipinski definition) is 1. The van der Waals surface area contributed by atoms with Gasteiger partial charge in [0.1, 0.15) is 0 Å². The summed E-state index contributed by atoms with van der Waals surface area (Å²) in [5.41, 5.74) is 0. The lowest BCUT2D eigenvalue weighted by Gasteiger charge is -2.35. The monoisotopic (exact) mass is 231 g/mol. The maximum absolute atomic E-state index is 11.0. The summed E-state index contributed by atoms with van der Waals surface area (Å²) in [6.07, 6.45) is 7.07. The Morgan fingerprint density at radius 3 is 2.73 bits per heavy atom. The Morgan fingerprint density at radius 2 is 2.13 bits per heavy atom. The van der Waals surface area contributed by atoms with Crippen molar-refractivity contribution >= 4 is 10.8 Å². The number of rotatable bonds is 5. The molecule has 0 aliphatic heterocycles. The van der Waals surface area contributed by atoms with Gasteiger partial charge in [-0.2, -0.15) is 0 Å². The summed E-state index contributed by atoms with van der Waals surface area (Å²) in [6, 6.07) is 0.676. The summed E-state index contributed by atoms with van der Waals surface area (Å²) >= 11 is 0. The van der Waals surface area contributed by atoms with Gasteiger partial charge in [0.05, 0.1) is 0 Å². The normalized spacial score (nSPS) is 33.9. The third-order valence-corrected chi connectivity index (χ3v) is 4.34. The van der Waals surface area contributed by atoms with Crippen LogP contribution in [0, 0.1) is 11.8 Å². The first-order chi connectivity index (χ1) is 7.13. The van der Waals surface area contributed by atoms with Crippen molar-refractivity contribution in [2.45, 2.75) is 45.6 Å². The van der Waals surface area contributed by atoms with Crippen LogP contribution in [0.1, 0.15) is 39.5 Å². The van der Waals surface area contributed by atoms with Gasteiger partial charge in [-0.05, 0) is 31.1 Å². The maximum atomic E-state index is 11.0. The van der Waals surface area contributed by atoms with Gasteiger partial charge in [-0.1, -0.05) is 20.3 Å². The molecule has 1 fully saturated rings. The maximum Gasteiger partial charge on any atom is 0.0357 e. The second-order valence-corrected chi connectivity index (χ2v) is 6.48. The van der Waals surface area contributed by atoms with Gasteiger partial charge < -0.3 is 5.32 Å². The van der Waals surface area contributed by atoms with Gasteiger partial charge in [-0.25, -0.2) is 0 Å². The van der Waals surface area contributed by atoms with Crippen LogP contribution in [-0.4, -0.2) is 28.8 Å². The molecule has 2 nitrogen and oxygen atoms in total. The van der Waals surface area contributed by atoms with Crippen LogP contribution in [0.25, 0.3) is 0 Å². The highest BCUT2D eigenvalue weighted by molar-refractivity contribution is 7.84. The van der Waals surface area contributed by atoms with E-state index >= 15 is 0 Å². The minimum absolute atomic E-state index is 0.653. The zero-order valence-electron chi connectivity index (χ0n) is 10.3. The van der Waals surface area contributed by atoms with E-state index in [1.165, 1.54) is 25.7 Å². The predicted molar refractivity (Wildman–Crippen MR) is 67.5 cm³/mol. The van der Waals surface area contributed by atoms with Crippen molar-refractivity contribution in [1.82, 2.24) is 5.32 Å². The largest absolute Gasteiger partial charge is 0.313 e. The quantitative estimate of drug-likeness (QED) is 0.785. The van der Waals surface area contributed by atoms with Gasteiger partial charge in [-0.15, -0.1) is 0 Å². The van der Waals surface area contributed by atoms with E-state index in [1.54, 1.807) is 6.26 Å². The Bertz CT molecular complexity index is 208. The molecule has 90 valence electrons. The number of hydrogen-bond acceptors (Lipinski definition) is 2. The molecule has 15 heavy (non-hydrogen) atoms. The molecule has 1 N–H and O–H groups in total. The SMILES string of the molecule is CCC1CC(C)CCC1NCCS(C)=O. The van der Waals surface area contributed by atoms with Crippen molar-refractivity contribution in [1.29, 1.82) is 0 Å². The van der Waals surface area contributed by atoms with Gasteiger partial charge in [0.25, 0.3) is 0 Å². The van der Waals surface area contributed by atoms with E-state index in [0.717, 1.165) is 24.1 Å². The molecule has 0 bridgehead atoms. The third kappa shape index (κ3) is 4.64. The van der Waals surface area contributed by atoms with Gasteiger partial charge in [0.2, 0.25) is 0 Å². The number of nitrogens with one attached hydrogen (secondary N) is 1. The van der Waals surface area contributed by atoms with E-state index in [1.807, 2.05) is 0 Å². The van der Waals surface area contributed by atoms with Crippen LogP contribution >= 0.6 is 0 Å². The van der Waals surface area contributed by atoms with Crippen LogP contribution < -0.4 is 5.32 Å². The van der Waals surface area contributed by atoms with Crippen LogP contribution in [0.2, 0.25) is 0 Å². The molecule has 0 aromatic rings. The van der Waals surface area contributed by atoms with Crippen molar-refractivity contribution in [2.75, 3.05) is 18.6 Å². The molecule has 1 aliphatic rings. The zero-order valence-corrected chi connectivity index (χ0v) is 11.1. The van der Waals surface area contributed by atoms with E-state index in [9.17, 15) is 4.21 Å². The van der Waals surface area contributed by atoms with Gasteiger partial charge in [0.15, 0.2) is 0 Å². The Kier molecular flexibility index (Phi) is 5.83. The molecule has 4 atom stereocenters. The van der Waals surface area contributed by atoms with Crippen LogP contribution in [0.4, 0.5) is 0 Å². The second-order valence-electron chi connectivity index (χ2n) is 4.92. The molecule has 0 radical (unpaired) electrons. The highest BCUT2D eigenvalue weighted by Crippen LogP contribution is 2.30. The van der Waals surface area contributed by atoms with E-state index in [4.69, 9.17) is 0 Å². The third-order valence-electron chi connectivity index (χ3n) is 3.57. The van der Waals surface area contributed by atoms with Crippen molar-refractivity contribution in [2.24, 2.45) is 11.8 Å². The minimum atomic E-state index is -0.653. The average Bonchev–Trinajstić information content (AvgIpc) is 2.19. The van der Waals surface area contributed by atoms with Crippen molar-refractivity contribution in [3.8, 4) is 0 Å². The molecule has 1 saturated carbocycles. The van der Waals surface area contributed by atoms with Crippen molar-refractivity contribution < 1.29 is 4.21 Å². The van der Waals surface area contributed by atoms with Gasteiger partial charge >= 0.3 is 0 Å². The minimum Gasteiger partial charge on any atom is -0.313 e. The Labute approximate surface area is 96.7 Å². The van der Waals surface area contributed by atoms with Crippen molar-refractivity contribution in [3.05, 3.63) is 0 Å². The lowest BCUT2D eigenvalue weighted by atomic mass is 9.77. The first kappa shape index (κ1) is 13.2. The summed E-state index contributed by atoms with van der Waals surface area (Å²) in [5, 5.41) is 3.58. The highest BCUT2D eigenvalue weighted by Gasteiger charge is 2.26. The van der Waals surface area contributed by atoms with E-state index in [-0.39, 0.29) is 0 Å². The van der Waals surface area contributed by atoms with Gasteiger partial charge in [0, 0.05) is 35.4 Å². The van der Waals surface area contributed by atoms with Crippen LogP contribution in [0.15, 0.2) is 0 Å². The Morgan fingerprint density at radius 1 is 1.40 bits per heavy atom. The van der Waals surface area contributed by atoms with Crippen molar-refractivity contribution in [3.63, 3.8) is 0 Å². The second kappa shape index (κ2) is 6.64. The van der Waals surface area contributed by atoms with E-state index in [2.05, 4.69) is 19.2 Å². The summed E-state index contributed by atoms with van der Waals surface area (Å²) in [4.78, 5) is 0. The molecule has 0 amide bonds. The highest BCUT2D eigenvalue weighted by atomic mass is 32.2. The fourth-order valence-corrected chi connectivity index (χ4v) is 3.01. The molecule has 4 unspecified atom stereocenters. The fourth-order valence-electron chi connectivity index (χ4n) is 2.61. The van der Waals surface area contributed by atoms with Crippen LogP contribution in [-0.2, 0) is 10.8 Å². The molecular weight excluding hydrogens is 206 g/mol. The molecule has 0 aromatic heterocycles. The lowest BCUT2D eigenvalue weighted by Crippen LogP contribution is -2.41. The molecule has 0 heterocycles. The zero-order chi connectivity index (χ0) is 11.3. The van der Waals surface area contributed by atoms with Crippen LogP contribution in [0.3, 0.4) is 0 Å². The Balaban J connectivity index is 2.29. The standard InChI is InChI=1S/C12H25NOS/c1-4-11-9-10(2)5-6-12(11)13-7-8-15(3)14/h10-13H,4-9H2,1-3H3. The van der Waals surface area contributed by atoms with Gasteiger partial charge in [-0.3, -0.25) is 4.21 Å². The topological polar surface area (TPSA) is 29.1 Å². The smallest absolute Gasteiger partial charge is 0.0357 e.